The fourth-order valence-electron chi connectivity index (χ4n) is 2.38. The van der Waals surface area contributed by atoms with Crippen LogP contribution in [-0.4, -0.2) is 55.7 Å². The third-order valence-electron chi connectivity index (χ3n) is 3.69. The predicted molar refractivity (Wildman–Crippen MR) is 81.4 cm³/mol. The van der Waals surface area contributed by atoms with Crippen LogP contribution in [-0.2, 0) is 16.6 Å². The van der Waals surface area contributed by atoms with Crippen LogP contribution in [0.25, 0.3) is 0 Å². The van der Waals surface area contributed by atoms with Gasteiger partial charge < -0.3 is 10.2 Å². The highest BCUT2D eigenvalue weighted by atomic mass is 32.2. The molecule has 1 aromatic rings. The highest BCUT2D eigenvalue weighted by Gasteiger charge is 2.26. The molecular formula is C13H25N5O2S. The standard InChI is InChI=1S/C13H25N5O2S/c1-10(2)14-8-11-9-15-16-13(11)21(19,20)17-12-4-6-18(3)7-5-12/h9-10,12,14,17H,4-8H2,1-3H3,(H,15,16). The van der Waals surface area contributed by atoms with E-state index in [-0.39, 0.29) is 17.1 Å². The zero-order valence-corrected chi connectivity index (χ0v) is 13.7. The molecule has 1 aliphatic heterocycles. The van der Waals surface area contributed by atoms with Crippen LogP contribution < -0.4 is 10.0 Å². The monoisotopic (exact) mass is 315 g/mol. The van der Waals surface area contributed by atoms with Crippen molar-refractivity contribution in [1.29, 1.82) is 0 Å². The average Bonchev–Trinajstić information content (AvgIpc) is 2.88. The van der Waals surface area contributed by atoms with Crippen LogP contribution in [0.15, 0.2) is 11.2 Å². The second kappa shape index (κ2) is 6.87. The zero-order chi connectivity index (χ0) is 15.5. The van der Waals surface area contributed by atoms with Gasteiger partial charge in [-0.25, -0.2) is 13.1 Å². The third-order valence-corrected chi connectivity index (χ3v) is 5.22. The summed E-state index contributed by atoms with van der Waals surface area (Å²) in [5, 5.41) is 9.88. The smallest absolute Gasteiger partial charge is 0.258 e. The molecule has 0 spiro atoms. The fourth-order valence-corrected chi connectivity index (χ4v) is 3.81. The number of piperidine rings is 1. The van der Waals surface area contributed by atoms with Crippen LogP contribution in [0.4, 0.5) is 0 Å². The number of aromatic nitrogens is 2. The van der Waals surface area contributed by atoms with Gasteiger partial charge >= 0.3 is 0 Å². The van der Waals surface area contributed by atoms with Gasteiger partial charge in [0.25, 0.3) is 10.0 Å². The molecule has 0 saturated carbocycles. The molecule has 7 nitrogen and oxygen atoms in total. The molecule has 1 fully saturated rings. The van der Waals surface area contributed by atoms with Crippen LogP contribution in [0, 0.1) is 0 Å². The molecule has 0 amide bonds. The summed E-state index contributed by atoms with van der Waals surface area (Å²) < 4.78 is 27.8. The summed E-state index contributed by atoms with van der Waals surface area (Å²) in [4.78, 5) is 2.21. The lowest BCUT2D eigenvalue weighted by Gasteiger charge is -2.29. The van der Waals surface area contributed by atoms with Gasteiger partial charge in [0.1, 0.15) is 0 Å². The molecule has 1 aromatic heterocycles. The Kier molecular flexibility index (Phi) is 5.37. The molecule has 0 atom stereocenters. The van der Waals surface area contributed by atoms with E-state index >= 15 is 0 Å². The van der Waals surface area contributed by atoms with Gasteiger partial charge in [-0.3, -0.25) is 5.10 Å². The van der Waals surface area contributed by atoms with Gasteiger partial charge in [-0.1, -0.05) is 13.8 Å². The number of hydrogen-bond donors (Lipinski definition) is 3. The third kappa shape index (κ3) is 4.50. The van der Waals surface area contributed by atoms with Gasteiger partial charge in [-0.05, 0) is 33.0 Å². The van der Waals surface area contributed by atoms with Gasteiger partial charge in [0.15, 0.2) is 5.03 Å². The average molecular weight is 315 g/mol. The Hall–Kier alpha value is -0.960. The van der Waals surface area contributed by atoms with Crippen molar-refractivity contribution in [2.45, 2.75) is 50.3 Å². The number of aromatic amines is 1. The highest BCUT2D eigenvalue weighted by Crippen LogP contribution is 2.15. The van der Waals surface area contributed by atoms with Crippen LogP contribution in [0.1, 0.15) is 32.3 Å². The van der Waals surface area contributed by atoms with Crippen molar-refractivity contribution >= 4 is 10.0 Å². The van der Waals surface area contributed by atoms with Crippen molar-refractivity contribution in [2.75, 3.05) is 20.1 Å². The van der Waals surface area contributed by atoms with Crippen molar-refractivity contribution in [3.8, 4) is 0 Å². The molecule has 2 rings (SSSR count). The highest BCUT2D eigenvalue weighted by molar-refractivity contribution is 7.89. The predicted octanol–water partition coefficient (Wildman–Crippen LogP) is 0.280. The molecule has 0 aliphatic carbocycles. The summed E-state index contributed by atoms with van der Waals surface area (Å²) in [5.74, 6) is 0. The molecule has 1 saturated heterocycles. The molecule has 0 unspecified atom stereocenters. The number of nitrogens with one attached hydrogen (secondary N) is 3. The number of nitrogens with zero attached hydrogens (tertiary/aromatic N) is 2. The quantitative estimate of drug-likeness (QED) is 0.701. The molecule has 0 bridgehead atoms. The van der Waals surface area contributed by atoms with E-state index in [1.54, 1.807) is 6.20 Å². The Balaban J connectivity index is 2.04. The van der Waals surface area contributed by atoms with E-state index in [1.807, 2.05) is 13.8 Å². The van der Waals surface area contributed by atoms with Crippen molar-refractivity contribution < 1.29 is 8.42 Å². The first kappa shape index (κ1) is 16.4. The zero-order valence-electron chi connectivity index (χ0n) is 12.9. The van der Waals surface area contributed by atoms with Crippen LogP contribution in [0.3, 0.4) is 0 Å². The normalized spacial score (nSPS) is 18.5. The van der Waals surface area contributed by atoms with Crippen LogP contribution >= 0.6 is 0 Å². The van der Waals surface area contributed by atoms with E-state index in [0.717, 1.165) is 25.9 Å². The first-order valence-electron chi connectivity index (χ1n) is 7.35. The SMILES string of the molecule is CC(C)NCc1cn[nH]c1S(=O)(=O)NC1CCN(C)CC1. The van der Waals surface area contributed by atoms with Gasteiger partial charge in [0.2, 0.25) is 0 Å². The van der Waals surface area contributed by atoms with Crippen molar-refractivity contribution in [3.63, 3.8) is 0 Å². The minimum atomic E-state index is -3.54. The van der Waals surface area contributed by atoms with E-state index in [4.69, 9.17) is 0 Å². The van der Waals surface area contributed by atoms with E-state index in [1.165, 1.54) is 0 Å². The van der Waals surface area contributed by atoms with Crippen molar-refractivity contribution in [1.82, 2.24) is 25.1 Å². The molecule has 0 aromatic carbocycles. The van der Waals surface area contributed by atoms with Gasteiger partial charge in [-0.2, -0.15) is 5.10 Å². The minimum absolute atomic E-state index is 0.000378. The topological polar surface area (TPSA) is 90.1 Å². The lowest BCUT2D eigenvalue weighted by molar-refractivity contribution is 0.248. The minimum Gasteiger partial charge on any atom is -0.310 e. The molecule has 2 heterocycles. The summed E-state index contributed by atoms with van der Waals surface area (Å²) in [6.07, 6.45) is 3.24. The number of H-pyrrole nitrogens is 1. The second-order valence-corrected chi connectivity index (χ2v) is 7.61. The van der Waals surface area contributed by atoms with Crippen molar-refractivity contribution in [3.05, 3.63) is 11.8 Å². The molecule has 1 aliphatic rings. The summed E-state index contributed by atoms with van der Waals surface area (Å²) >= 11 is 0. The van der Waals surface area contributed by atoms with Crippen LogP contribution in [0.2, 0.25) is 0 Å². The van der Waals surface area contributed by atoms with E-state index in [0.29, 0.717) is 12.1 Å². The molecule has 120 valence electrons. The van der Waals surface area contributed by atoms with E-state index in [9.17, 15) is 8.42 Å². The maximum Gasteiger partial charge on any atom is 0.258 e. The largest absolute Gasteiger partial charge is 0.310 e. The van der Waals surface area contributed by atoms with E-state index < -0.39 is 10.0 Å². The van der Waals surface area contributed by atoms with Crippen molar-refractivity contribution in [2.24, 2.45) is 0 Å². The van der Waals surface area contributed by atoms with E-state index in [2.05, 4.69) is 32.2 Å². The van der Waals surface area contributed by atoms with Crippen LogP contribution in [0.5, 0.6) is 0 Å². The summed E-state index contributed by atoms with van der Waals surface area (Å²) in [6, 6.07) is 0.290. The Labute approximate surface area is 126 Å². The first-order valence-corrected chi connectivity index (χ1v) is 8.83. The molecule has 3 N–H and O–H groups in total. The first-order chi connectivity index (χ1) is 9.88. The molecular weight excluding hydrogens is 290 g/mol. The maximum absolute atomic E-state index is 12.5. The summed E-state index contributed by atoms with van der Waals surface area (Å²) in [6.45, 7) is 6.35. The Morgan fingerprint density at radius 2 is 2.10 bits per heavy atom. The molecule has 8 heteroatoms. The lowest BCUT2D eigenvalue weighted by atomic mass is 10.1. The number of sulfonamides is 1. The number of likely N-dealkylation sites (tertiary alicyclic amines) is 1. The molecule has 0 radical (unpaired) electrons. The lowest BCUT2D eigenvalue weighted by Crippen LogP contribution is -2.43. The summed E-state index contributed by atoms with van der Waals surface area (Å²) in [7, 11) is -1.49. The summed E-state index contributed by atoms with van der Waals surface area (Å²) in [5.41, 5.74) is 0.670. The number of rotatable bonds is 6. The van der Waals surface area contributed by atoms with Gasteiger partial charge in [0.05, 0.1) is 6.20 Å². The Morgan fingerprint density at radius 3 is 2.71 bits per heavy atom. The Bertz CT molecular complexity index is 547. The van der Waals surface area contributed by atoms with Gasteiger partial charge in [0, 0.05) is 24.2 Å². The Morgan fingerprint density at radius 1 is 1.43 bits per heavy atom. The van der Waals surface area contributed by atoms with Gasteiger partial charge in [-0.15, -0.1) is 0 Å². The second-order valence-electron chi connectivity index (χ2n) is 5.96. The number of hydrogen-bond acceptors (Lipinski definition) is 5. The maximum atomic E-state index is 12.5. The molecule has 21 heavy (non-hydrogen) atoms. The fraction of sp³-hybridized carbons (Fsp3) is 0.769.